The van der Waals surface area contributed by atoms with Gasteiger partial charge in [-0.25, -0.2) is 0 Å². The Kier molecular flexibility index (Phi) is 7.65. The molecule has 0 saturated heterocycles. The second-order valence-corrected chi connectivity index (χ2v) is 7.39. The van der Waals surface area contributed by atoms with Crippen LogP contribution in [-0.4, -0.2) is 38.0 Å². The summed E-state index contributed by atoms with van der Waals surface area (Å²) in [6.45, 7) is 12.7. The van der Waals surface area contributed by atoms with Gasteiger partial charge in [-0.1, -0.05) is 34.6 Å². The predicted molar refractivity (Wildman–Crippen MR) is 83.3 cm³/mol. The maximum atomic E-state index is 12.3. The zero-order valence-electron chi connectivity index (χ0n) is 14.1. The summed E-state index contributed by atoms with van der Waals surface area (Å²) >= 11 is 0. The minimum absolute atomic E-state index is 0.217. The van der Waals surface area contributed by atoms with Gasteiger partial charge in [-0.3, -0.25) is 4.79 Å². The Hall–Kier alpha value is -0.570. The van der Waals surface area contributed by atoms with E-state index in [0.717, 1.165) is 38.8 Å². The van der Waals surface area contributed by atoms with E-state index in [1.807, 2.05) is 0 Å². The molecule has 0 aromatic heterocycles. The van der Waals surface area contributed by atoms with Crippen molar-refractivity contribution in [2.75, 3.05) is 27.2 Å². The van der Waals surface area contributed by atoms with Gasteiger partial charge in [-0.2, -0.15) is 0 Å². The average molecular weight is 270 g/mol. The van der Waals surface area contributed by atoms with Crippen LogP contribution in [0.3, 0.4) is 0 Å². The molecule has 1 atom stereocenters. The molecule has 0 fully saturated rings. The molecule has 1 unspecified atom stereocenters. The van der Waals surface area contributed by atoms with E-state index < -0.39 is 0 Å². The molecule has 0 aliphatic rings. The summed E-state index contributed by atoms with van der Waals surface area (Å²) in [7, 11) is 4.11. The van der Waals surface area contributed by atoms with Gasteiger partial charge < -0.3 is 10.2 Å². The number of nitrogens with zero attached hydrogens (tertiary/aromatic N) is 1. The van der Waals surface area contributed by atoms with E-state index in [-0.39, 0.29) is 11.3 Å². The highest BCUT2D eigenvalue weighted by Crippen LogP contribution is 2.33. The maximum Gasteiger partial charge on any atom is 0.225 e. The summed E-state index contributed by atoms with van der Waals surface area (Å²) in [6, 6.07) is 0. The van der Waals surface area contributed by atoms with E-state index in [4.69, 9.17) is 0 Å². The van der Waals surface area contributed by atoms with Gasteiger partial charge in [0.15, 0.2) is 0 Å². The molecule has 0 spiro atoms. The molecule has 0 saturated carbocycles. The number of nitrogens with one attached hydrogen (secondary N) is 1. The van der Waals surface area contributed by atoms with Gasteiger partial charge in [-0.05, 0) is 51.7 Å². The predicted octanol–water partition coefficient (Wildman–Crippen LogP) is 3.30. The topological polar surface area (TPSA) is 32.3 Å². The number of hydrogen-bond acceptors (Lipinski definition) is 2. The van der Waals surface area contributed by atoms with Gasteiger partial charge in [0.1, 0.15) is 0 Å². The monoisotopic (exact) mass is 270 g/mol. The Morgan fingerprint density at radius 2 is 1.68 bits per heavy atom. The average Bonchev–Trinajstić information content (AvgIpc) is 2.30. The van der Waals surface area contributed by atoms with Crippen LogP contribution in [-0.2, 0) is 4.79 Å². The van der Waals surface area contributed by atoms with Crippen LogP contribution in [0.15, 0.2) is 0 Å². The van der Waals surface area contributed by atoms with Gasteiger partial charge in [0.2, 0.25) is 5.91 Å². The van der Waals surface area contributed by atoms with Crippen LogP contribution in [0.25, 0.3) is 0 Å². The molecule has 0 radical (unpaired) electrons. The molecule has 0 rings (SSSR count). The number of amides is 1. The molecule has 114 valence electrons. The molecular weight excluding hydrogens is 236 g/mol. The molecule has 0 aliphatic carbocycles. The van der Waals surface area contributed by atoms with Gasteiger partial charge in [0.25, 0.3) is 0 Å². The van der Waals surface area contributed by atoms with Crippen molar-refractivity contribution < 1.29 is 4.79 Å². The lowest BCUT2D eigenvalue weighted by Crippen LogP contribution is -2.40. The Balaban J connectivity index is 4.21. The first-order valence-corrected chi connectivity index (χ1v) is 7.54. The Morgan fingerprint density at radius 3 is 2.11 bits per heavy atom. The molecule has 3 nitrogen and oxygen atoms in total. The van der Waals surface area contributed by atoms with Crippen LogP contribution in [0.4, 0.5) is 0 Å². The van der Waals surface area contributed by atoms with Crippen molar-refractivity contribution in [1.29, 1.82) is 0 Å². The molecule has 0 aromatic carbocycles. The lowest BCUT2D eigenvalue weighted by Gasteiger charge is -2.30. The number of carbonyl (C=O) groups excluding carboxylic acids is 1. The molecule has 0 bridgehead atoms. The van der Waals surface area contributed by atoms with Crippen molar-refractivity contribution in [1.82, 2.24) is 10.2 Å². The molecule has 19 heavy (non-hydrogen) atoms. The van der Waals surface area contributed by atoms with Crippen LogP contribution < -0.4 is 5.32 Å². The first-order chi connectivity index (χ1) is 8.60. The summed E-state index contributed by atoms with van der Waals surface area (Å²) in [5.41, 5.74) is 0.0764. The summed E-state index contributed by atoms with van der Waals surface area (Å²) in [6.07, 6.45) is 3.97. The minimum Gasteiger partial charge on any atom is -0.356 e. The Morgan fingerprint density at radius 1 is 1.11 bits per heavy atom. The molecule has 3 heteroatoms. The fraction of sp³-hybridized carbons (Fsp3) is 0.938. The summed E-state index contributed by atoms with van der Waals surface area (Å²) in [5, 5.41) is 3.10. The third-order valence-corrected chi connectivity index (χ3v) is 3.82. The maximum absolute atomic E-state index is 12.3. The van der Waals surface area contributed by atoms with Gasteiger partial charge in [0.05, 0.1) is 0 Å². The van der Waals surface area contributed by atoms with Crippen molar-refractivity contribution in [3.8, 4) is 0 Å². The smallest absolute Gasteiger partial charge is 0.225 e. The summed E-state index contributed by atoms with van der Waals surface area (Å²) in [5.74, 6) is 0.220. The summed E-state index contributed by atoms with van der Waals surface area (Å²) in [4.78, 5) is 14.5. The highest BCUT2D eigenvalue weighted by molar-refractivity contribution is 5.82. The first-order valence-electron chi connectivity index (χ1n) is 7.54. The van der Waals surface area contributed by atoms with Crippen molar-refractivity contribution in [3.05, 3.63) is 0 Å². The van der Waals surface area contributed by atoms with Crippen LogP contribution >= 0.6 is 0 Å². The lowest BCUT2D eigenvalue weighted by molar-refractivity contribution is -0.131. The van der Waals surface area contributed by atoms with Gasteiger partial charge in [-0.15, -0.1) is 0 Å². The third-order valence-electron chi connectivity index (χ3n) is 3.82. The Bertz CT molecular complexity index is 268. The van der Waals surface area contributed by atoms with E-state index >= 15 is 0 Å². The largest absolute Gasteiger partial charge is 0.356 e. The molecule has 1 amide bonds. The second kappa shape index (κ2) is 7.88. The van der Waals surface area contributed by atoms with Gasteiger partial charge >= 0.3 is 0 Å². The van der Waals surface area contributed by atoms with E-state index in [1.165, 1.54) is 0 Å². The number of hydrogen-bond donors (Lipinski definition) is 1. The highest BCUT2D eigenvalue weighted by atomic mass is 16.2. The van der Waals surface area contributed by atoms with E-state index in [2.05, 4.69) is 58.9 Å². The first kappa shape index (κ1) is 18.4. The fourth-order valence-corrected chi connectivity index (χ4v) is 1.91. The van der Waals surface area contributed by atoms with Gasteiger partial charge in [0, 0.05) is 12.0 Å². The van der Waals surface area contributed by atoms with Crippen molar-refractivity contribution >= 4 is 5.91 Å². The quantitative estimate of drug-likeness (QED) is 0.686. The molecule has 0 aliphatic heterocycles. The number of carbonyl (C=O) groups is 1. The summed E-state index contributed by atoms with van der Waals surface area (Å²) < 4.78 is 0. The van der Waals surface area contributed by atoms with Crippen LogP contribution in [0, 0.1) is 10.8 Å². The van der Waals surface area contributed by atoms with E-state index in [1.54, 1.807) is 0 Å². The molecule has 0 heterocycles. The zero-order valence-corrected chi connectivity index (χ0v) is 14.1. The van der Waals surface area contributed by atoms with Crippen molar-refractivity contribution in [3.63, 3.8) is 0 Å². The SMILES string of the molecule is CCC(C)(CCC(C)(C)C)C(=O)NCCCN(C)C. The second-order valence-electron chi connectivity index (χ2n) is 7.39. The third kappa shape index (κ3) is 8.25. The van der Waals surface area contributed by atoms with E-state index in [0.29, 0.717) is 5.41 Å². The highest BCUT2D eigenvalue weighted by Gasteiger charge is 2.32. The lowest BCUT2D eigenvalue weighted by atomic mass is 9.76. The van der Waals surface area contributed by atoms with Crippen LogP contribution in [0.5, 0.6) is 0 Å². The normalized spacial score (nSPS) is 15.4. The fourth-order valence-electron chi connectivity index (χ4n) is 1.91. The van der Waals surface area contributed by atoms with Crippen molar-refractivity contribution in [2.24, 2.45) is 10.8 Å². The van der Waals surface area contributed by atoms with Crippen LogP contribution in [0.2, 0.25) is 0 Å². The Labute approximate surface area is 120 Å². The van der Waals surface area contributed by atoms with Crippen LogP contribution in [0.1, 0.15) is 60.3 Å². The van der Waals surface area contributed by atoms with E-state index in [9.17, 15) is 4.79 Å². The minimum atomic E-state index is -0.217. The molecule has 0 aromatic rings. The molecule has 1 N–H and O–H groups in total. The number of rotatable bonds is 8. The zero-order chi connectivity index (χ0) is 15.1. The van der Waals surface area contributed by atoms with Crippen molar-refractivity contribution in [2.45, 2.75) is 60.3 Å². The molecular formula is C16H34N2O. The standard InChI is InChI=1S/C16H34N2O/c1-8-16(5,11-10-15(2,3)4)14(19)17-12-9-13-18(6)7/h8-13H2,1-7H3,(H,17,19).